The van der Waals surface area contributed by atoms with Gasteiger partial charge in [-0.05, 0) is 54.6 Å². The maximum Gasteiger partial charge on any atom is 0.490 e. The van der Waals surface area contributed by atoms with Gasteiger partial charge >= 0.3 is 12.1 Å². The number of rotatable bonds is 5. The molecular formula is C27H16F6N4O5. The predicted octanol–water partition coefficient (Wildman–Crippen LogP) is 5.81. The molecule has 3 heterocycles. The number of halogens is 6. The number of aliphatic carboxylic acids is 1. The van der Waals surface area contributed by atoms with Crippen molar-refractivity contribution in [2.45, 2.75) is 6.18 Å². The molecule has 15 heteroatoms. The number of aromatic amines is 1. The van der Waals surface area contributed by atoms with Crippen LogP contribution in [-0.2, 0) is 4.79 Å². The van der Waals surface area contributed by atoms with Gasteiger partial charge in [0, 0.05) is 30.3 Å². The molecule has 0 aliphatic carbocycles. The molecule has 0 saturated carbocycles. The third kappa shape index (κ3) is 6.57. The standard InChI is InChI=1S/C25H15F3N4O3.C2HF3O2/c26-14-3-5-15(6-4-14)32-11-1-2-20(25(32)34)31-24(33)17-12-19(28)22(13-18(17)27)35-21-8-10-30-23-16(21)7-9-29-23;3-2(4,5)1(6)7/h1-13H,(H,29,30)(H,31,33);(H,6,7). The first kappa shape index (κ1) is 29.4. The molecule has 9 nitrogen and oxygen atoms in total. The highest BCUT2D eigenvalue weighted by Gasteiger charge is 2.38. The summed E-state index contributed by atoms with van der Waals surface area (Å²) in [4.78, 5) is 41.3. The number of carbonyl (C=O) groups is 2. The first-order valence-electron chi connectivity index (χ1n) is 11.5. The maximum absolute atomic E-state index is 14.8. The number of ether oxygens (including phenoxy) is 1. The number of carbonyl (C=O) groups excluding carboxylic acids is 1. The second kappa shape index (κ2) is 11.9. The molecule has 3 N–H and O–H groups in total. The minimum Gasteiger partial charge on any atom is -0.475 e. The number of amides is 1. The summed E-state index contributed by atoms with van der Waals surface area (Å²) in [5.74, 6) is -6.46. The van der Waals surface area contributed by atoms with Gasteiger partial charge in [-0.15, -0.1) is 0 Å². The molecule has 0 radical (unpaired) electrons. The Morgan fingerprint density at radius 3 is 2.31 bits per heavy atom. The van der Waals surface area contributed by atoms with E-state index in [2.05, 4.69) is 15.3 Å². The van der Waals surface area contributed by atoms with E-state index in [0.29, 0.717) is 22.8 Å². The van der Waals surface area contributed by atoms with Crippen molar-refractivity contribution in [1.82, 2.24) is 14.5 Å². The van der Waals surface area contributed by atoms with E-state index < -0.39 is 52.4 Å². The number of carboxylic acid groups (broad SMARTS) is 1. The summed E-state index contributed by atoms with van der Waals surface area (Å²) in [5, 5.41) is 9.99. The third-order valence-corrected chi connectivity index (χ3v) is 5.45. The van der Waals surface area contributed by atoms with Crippen LogP contribution in [0, 0.1) is 17.5 Å². The number of fused-ring (bicyclic) bond motifs is 1. The smallest absolute Gasteiger partial charge is 0.475 e. The number of carboxylic acids is 1. The van der Waals surface area contributed by atoms with E-state index in [1.807, 2.05) is 0 Å². The lowest BCUT2D eigenvalue weighted by atomic mass is 10.1. The lowest BCUT2D eigenvalue weighted by Gasteiger charge is -2.12. The Balaban J connectivity index is 0.000000517. The first-order chi connectivity index (χ1) is 19.8. The second-order valence-electron chi connectivity index (χ2n) is 8.24. The fraction of sp³-hybridized carbons (Fsp3) is 0.0370. The highest BCUT2D eigenvalue weighted by Crippen LogP contribution is 2.31. The van der Waals surface area contributed by atoms with E-state index in [9.17, 15) is 35.9 Å². The zero-order chi connectivity index (χ0) is 30.6. The van der Waals surface area contributed by atoms with E-state index in [-0.39, 0.29) is 11.4 Å². The molecule has 3 aromatic heterocycles. The first-order valence-corrected chi connectivity index (χ1v) is 11.5. The average molecular weight is 590 g/mol. The van der Waals surface area contributed by atoms with Gasteiger partial charge in [-0.1, -0.05) is 0 Å². The summed E-state index contributed by atoms with van der Waals surface area (Å²) in [6, 6.07) is 12.6. The number of benzene rings is 2. The fourth-order valence-corrected chi connectivity index (χ4v) is 3.51. The average Bonchev–Trinajstić information content (AvgIpc) is 3.42. The summed E-state index contributed by atoms with van der Waals surface area (Å²) >= 11 is 0. The van der Waals surface area contributed by atoms with Crippen molar-refractivity contribution < 1.29 is 45.8 Å². The highest BCUT2D eigenvalue weighted by molar-refractivity contribution is 6.04. The zero-order valence-electron chi connectivity index (χ0n) is 20.7. The lowest BCUT2D eigenvalue weighted by Crippen LogP contribution is -2.25. The number of nitrogens with one attached hydrogen (secondary N) is 2. The molecular weight excluding hydrogens is 574 g/mol. The van der Waals surface area contributed by atoms with E-state index in [4.69, 9.17) is 14.6 Å². The van der Waals surface area contributed by atoms with Crippen LogP contribution in [0.2, 0.25) is 0 Å². The van der Waals surface area contributed by atoms with Gasteiger partial charge in [0.05, 0.1) is 10.9 Å². The van der Waals surface area contributed by atoms with Crippen molar-refractivity contribution in [3.05, 3.63) is 113 Å². The van der Waals surface area contributed by atoms with E-state index in [1.165, 1.54) is 59.4 Å². The van der Waals surface area contributed by atoms with Crippen LogP contribution in [0.1, 0.15) is 10.4 Å². The highest BCUT2D eigenvalue weighted by atomic mass is 19.4. The molecule has 0 saturated heterocycles. The Morgan fingerprint density at radius 2 is 1.64 bits per heavy atom. The zero-order valence-corrected chi connectivity index (χ0v) is 20.7. The van der Waals surface area contributed by atoms with E-state index in [1.54, 1.807) is 12.3 Å². The Bertz CT molecular complexity index is 1830. The van der Waals surface area contributed by atoms with Gasteiger partial charge < -0.3 is 20.1 Å². The van der Waals surface area contributed by atoms with Crippen molar-refractivity contribution in [2.75, 3.05) is 5.32 Å². The van der Waals surface area contributed by atoms with Crippen molar-refractivity contribution in [3.8, 4) is 17.2 Å². The predicted molar refractivity (Wildman–Crippen MR) is 136 cm³/mol. The van der Waals surface area contributed by atoms with Crippen molar-refractivity contribution in [3.63, 3.8) is 0 Å². The van der Waals surface area contributed by atoms with E-state index >= 15 is 0 Å². The number of aromatic nitrogens is 3. The van der Waals surface area contributed by atoms with Gasteiger partial charge in [0.2, 0.25) is 0 Å². The number of pyridine rings is 2. The van der Waals surface area contributed by atoms with Crippen LogP contribution in [-0.4, -0.2) is 37.7 Å². The number of H-pyrrole nitrogens is 1. The van der Waals surface area contributed by atoms with Crippen LogP contribution in [0.15, 0.2) is 84.0 Å². The van der Waals surface area contributed by atoms with E-state index in [0.717, 1.165) is 6.07 Å². The summed E-state index contributed by atoms with van der Waals surface area (Å²) in [7, 11) is 0. The number of nitrogens with zero attached hydrogens (tertiary/aromatic N) is 2. The van der Waals surface area contributed by atoms with Crippen molar-refractivity contribution >= 4 is 28.6 Å². The van der Waals surface area contributed by atoms with Crippen molar-refractivity contribution in [1.29, 1.82) is 0 Å². The van der Waals surface area contributed by atoms with Crippen LogP contribution in [0.25, 0.3) is 16.7 Å². The molecule has 2 aromatic carbocycles. The molecule has 0 fully saturated rings. The number of anilines is 1. The van der Waals surface area contributed by atoms with Gasteiger partial charge in [-0.3, -0.25) is 14.2 Å². The summed E-state index contributed by atoms with van der Waals surface area (Å²) in [5.41, 5.74) is -0.560. The van der Waals surface area contributed by atoms with Crippen LogP contribution in [0.4, 0.5) is 32.0 Å². The molecule has 0 spiro atoms. The summed E-state index contributed by atoms with van der Waals surface area (Å²) < 4.78 is 81.2. The van der Waals surface area contributed by atoms with Gasteiger partial charge in [0.15, 0.2) is 11.6 Å². The van der Waals surface area contributed by atoms with Gasteiger partial charge in [-0.2, -0.15) is 13.2 Å². The lowest BCUT2D eigenvalue weighted by molar-refractivity contribution is -0.192. The Hall–Kier alpha value is -5.60. The minimum absolute atomic E-state index is 0.173. The second-order valence-corrected chi connectivity index (χ2v) is 8.24. The monoisotopic (exact) mass is 590 g/mol. The Kier molecular flexibility index (Phi) is 8.31. The number of hydrogen-bond donors (Lipinski definition) is 3. The molecule has 0 unspecified atom stereocenters. The molecule has 0 atom stereocenters. The Morgan fingerprint density at radius 1 is 0.952 bits per heavy atom. The molecule has 42 heavy (non-hydrogen) atoms. The number of hydrogen-bond acceptors (Lipinski definition) is 5. The SMILES string of the molecule is O=C(Nc1cccn(-c2ccc(F)cc2)c1=O)c1cc(F)c(Oc2ccnc3[nH]ccc23)cc1F.O=C(O)C(F)(F)F. The van der Waals surface area contributed by atoms with Crippen LogP contribution in [0.3, 0.4) is 0 Å². The van der Waals surface area contributed by atoms with Crippen molar-refractivity contribution in [2.24, 2.45) is 0 Å². The van der Waals surface area contributed by atoms with Crippen LogP contribution < -0.4 is 15.6 Å². The van der Waals surface area contributed by atoms with Gasteiger partial charge in [-0.25, -0.2) is 22.9 Å². The summed E-state index contributed by atoms with van der Waals surface area (Å²) in [6.45, 7) is 0. The molecule has 5 aromatic rings. The number of alkyl halides is 3. The fourth-order valence-electron chi connectivity index (χ4n) is 3.51. The van der Waals surface area contributed by atoms with Gasteiger partial charge in [0.25, 0.3) is 11.5 Å². The Labute approximate surface area is 230 Å². The molecule has 216 valence electrons. The minimum atomic E-state index is -5.08. The normalized spacial score (nSPS) is 11.0. The molecule has 1 amide bonds. The quantitative estimate of drug-likeness (QED) is 0.222. The van der Waals surface area contributed by atoms with Gasteiger partial charge in [0.1, 0.15) is 28.7 Å². The maximum atomic E-state index is 14.8. The molecule has 5 rings (SSSR count). The van der Waals surface area contributed by atoms with Crippen LogP contribution in [0.5, 0.6) is 11.5 Å². The third-order valence-electron chi connectivity index (χ3n) is 5.45. The largest absolute Gasteiger partial charge is 0.490 e. The molecule has 0 aliphatic rings. The summed E-state index contributed by atoms with van der Waals surface area (Å²) in [6.07, 6.45) is -0.580. The topological polar surface area (TPSA) is 126 Å². The van der Waals surface area contributed by atoms with Crippen LogP contribution >= 0.6 is 0 Å². The molecule has 0 bridgehead atoms. The molecule has 0 aliphatic heterocycles.